The highest BCUT2D eigenvalue weighted by Gasteiger charge is 2.16. The van der Waals surface area contributed by atoms with Crippen molar-refractivity contribution < 1.29 is 9.21 Å². The fourth-order valence-electron chi connectivity index (χ4n) is 3.78. The van der Waals surface area contributed by atoms with Crippen LogP contribution in [0, 0.1) is 0 Å². The van der Waals surface area contributed by atoms with E-state index in [-0.39, 0.29) is 18.3 Å². The van der Waals surface area contributed by atoms with Gasteiger partial charge in [-0.1, -0.05) is 18.2 Å². The molecule has 8 heteroatoms. The first kappa shape index (κ1) is 22.0. The molecule has 0 bridgehead atoms. The number of hydrogen-bond donors (Lipinski definition) is 2. The third-order valence-electron chi connectivity index (χ3n) is 5.40. The SMILES string of the molecule is Cl.O=C(Nc1ccccc1-c1nc2ccc(CN3CCNCC3)cc2o1)c1cccnc1. The van der Waals surface area contributed by atoms with E-state index in [1.54, 1.807) is 18.3 Å². The van der Waals surface area contributed by atoms with Crippen LogP contribution >= 0.6 is 12.4 Å². The highest BCUT2D eigenvalue weighted by atomic mass is 35.5. The number of nitrogens with zero attached hydrogens (tertiary/aromatic N) is 3. The first-order chi connectivity index (χ1) is 15.3. The fraction of sp³-hybridized carbons (Fsp3) is 0.208. The molecule has 5 rings (SSSR count). The molecule has 3 heterocycles. The van der Waals surface area contributed by atoms with Gasteiger partial charge in [-0.05, 0) is 42.0 Å². The smallest absolute Gasteiger partial charge is 0.257 e. The Bertz CT molecular complexity index is 1210. The molecule has 1 fully saturated rings. The molecular weight excluding hydrogens is 426 g/mol. The lowest BCUT2D eigenvalue weighted by Crippen LogP contribution is -2.42. The molecule has 2 aromatic carbocycles. The van der Waals surface area contributed by atoms with Gasteiger partial charge in [0.05, 0.1) is 16.8 Å². The van der Waals surface area contributed by atoms with Crippen molar-refractivity contribution >= 4 is 35.1 Å². The number of para-hydroxylation sites is 1. The Morgan fingerprint density at radius 3 is 2.75 bits per heavy atom. The molecule has 4 aromatic rings. The summed E-state index contributed by atoms with van der Waals surface area (Å²) in [6.07, 6.45) is 3.18. The topological polar surface area (TPSA) is 83.3 Å². The average molecular weight is 450 g/mol. The quantitative estimate of drug-likeness (QED) is 0.479. The third kappa shape index (κ3) is 4.80. The van der Waals surface area contributed by atoms with Crippen molar-refractivity contribution in [1.29, 1.82) is 0 Å². The number of anilines is 1. The van der Waals surface area contributed by atoms with Gasteiger partial charge in [-0.3, -0.25) is 14.7 Å². The molecule has 1 saturated heterocycles. The summed E-state index contributed by atoms with van der Waals surface area (Å²) in [6.45, 7) is 5.03. The highest BCUT2D eigenvalue weighted by molar-refractivity contribution is 6.05. The standard InChI is InChI=1S/C24H23N5O2.ClH/c30-23(18-4-3-9-26-15-18)27-20-6-2-1-5-19(20)24-28-21-8-7-17(14-22(21)31-24)16-29-12-10-25-11-13-29;/h1-9,14-15,25H,10-13,16H2,(H,27,30);1H. The fourth-order valence-corrected chi connectivity index (χ4v) is 3.78. The maximum atomic E-state index is 12.6. The number of hydrogen-bond acceptors (Lipinski definition) is 6. The molecule has 2 aromatic heterocycles. The summed E-state index contributed by atoms with van der Waals surface area (Å²) in [5, 5.41) is 6.32. The number of aromatic nitrogens is 2. The third-order valence-corrected chi connectivity index (χ3v) is 5.40. The van der Waals surface area contributed by atoms with Gasteiger partial charge in [0.2, 0.25) is 5.89 Å². The van der Waals surface area contributed by atoms with Crippen molar-refractivity contribution in [2.45, 2.75) is 6.54 Å². The summed E-state index contributed by atoms with van der Waals surface area (Å²) in [7, 11) is 0. The molecule has 0 saturated carbocycles. The van der Waals surface area contributed by atoms with Gasteiger partial charge in [-0.25, -0.2) is 4.98 Å². The van der Waals surface area contributed by atoms with E-state index in [0.717, 1.165) is 49.4 Å². The Morgan fingerprint density at radius 2 is 1.94 bits per heavy atom. The van der Waals surface area contributed by atoms with Crippen LogP contribution in [-0.2, 0) is 6.54 Å². The average Bonchev–Trinajstić information content (AvgIpc) is 3.24. The van der Waals surface area contributed by atoms with Crippen LogP contribution in [0.5, 0.6) is 0 Å². The number of benzene rings is 2. The predicted molar refractivity (Wildman–Crippen MR) is 127 cm³/mol. The minimum absolute atomic E-state index is 0. The number of amides is 1. The van der Waals surface area contributed by atoms with Crippen molar-refractivity contribution in [1.82, 2.24) is 20.2 Å². The van der Waals surface area contributed by atoms with Crippen LogP contribution in [-0.4, -0.2) is 47.0 Å². The van der Waals surface area contributed by atoms with Crippen molar-refractivity contribution in [3.8, 4) is 11.5 Å². The summed E-state index contributed by atoms with van der Waals surface area (Å²) < 4.78 is 6.11. The van der Waals surface area contributed by atoms with Gasteiger partial charge < -0.3 is 15.1 Å². The van der Waals surface area contributed by atoms with E-state index in [1.807, 2.05) is 30.3 Å². The summed E-state index contributed by atoms with van der Waals surface area (Å²) >= 11 is 0. The van der Waals surface area contributed by atoms with E-state index in [2.05, 4.69) is 37.6 Å². The largest absolute Gasteiger partial charge is 0.436 e. The van der Waals surface area contributed by atoms with Crippen LogP contribution in [0.4, 0.5) is 5.69 Å². The zero-order valence-electron chi connectivity index (χ0n) is 17.5. The zero-order valence-corrected chi connectivity index (χ0v) is 18.3. The molecule has 7 nitrogen and oxygen atoms in total. The van der Waals surface area contributed by atoms with Gasteiger partial charge in [0.1, 0.15) is 5.52 Å². The first-order valence-electron chi connectivity index (χ1n) is 10.4. The second-order valence-corrected chi connectivity index (χ2v) is 7.59. The molecule has 2 N–H and O–H groups in total. The van der Waals surface area contributed by atoms with Crippen LogP contribution in [0.2, 0.25) is 0 Å². The minimum atomic E-state index is -0.227. The van der Waals surface area contributed by atoms with Crippen molar-refractivity contribution in [2.24, 2.45) is 0 Å². The minimum Gasteiger partial charge on any atom is -0.436 e. The number of pyridine rings is 1. The molecule has 164 valence electrons. The number of fused-ring (bicyclic) bond motifs is 1. The maximum absolute atomic E-state index is 12.6. The van der Waals surface area contributed by atoms with Crippen molar-refractivity contribution in [2.75, 3.05) is 31.5 Å². The Hall–Kier alpha value is -3.26. The highest BCUT2D eigenvalue weighted by Crippen LogP contribution is 2.31. The molecule has 0 radical (unpaired) electrons. The van der Waals surface area contributed by atoms with Gasteiger partial charge in [0.15, 0.2) is 5.58 Å². The van der Waals surface area contributed by atoms with E-state index in [9.17, 15) is 4.79 Å². The van der Waals surface area contributed by atoms with E-state index < -0.39 is 0 Å². The second kappa shape index (κ2) is 9.91. The summed E-state index contributed by atoms with van der Waals surface area (Å²) in [5.74, 6) is 0.256. The van der Waals surface area contributed by atoms with Gasteiger partial charge in [0.25, 0.3) is 5.91 Å². The number of rotatable bonds is 5. The number of carbonyl (C=O) groups is 1. The van der Waals surface area contributed by atoms with Crippen molar-refractivity contribution in [3.05, 3.63) is 78.1 Å². The normalized spacial score (nSPS) is 14.1. The number of halogens is 1. The van der Waals surface area contributed by atoms with Crippen molar-refractivity contribution in [3.63, 3.8) is 0 Å². The molecular formula is C24H24ClN5O2. The van der Waals surface area contributed by atoms with Crippen LogP contribution in [0.3, 0.4) is 0 Å². The Morgan fingerprint density at radius 1 is 1.09 bits per heavy atom. The van der Waals surface area contributed by atoms with Crippen LogP contribution in [0.1, 0.15) is 15.9 Å². The van der Waals surface area contributed by atoms with Gasteiger partial charge in [0, 0.05) is 45.1 Å². The monoisotopic (exact) mass is 449 g/mol. The Kier molecular flexibility index (Phi) is 6.80. The lowest BCUT2D eigenvalue weighted by molar-refractivity contribution is 0.102. The molecule has 0 aliphatic carbocycles. The zero-order chi connectivity index (χ0) is 21.0. The van der Waals surface area contributed by atoms with E-state index in [4.69, 9.17) is 4.42 Å². The lowest BCUT2D eigenvalue weighted by Gasteiger charge is -2.27. The number of oxazole rings is 1. The van der Waals surface area contributed by atoms with E-state index in [1.165, 1.54) is 11.8 Å². The lowest BCUT2D eigenvalue weighted by atomic mass is 10.1. The number of carbonyl (C=O) groups excluding carboxylic acids is 1. The van der Waals surface area contributed by atoms with E-state index >= 15 is 0 Å². The molecule has 32 heavy (non-hydrogen) atoms. The molecule has 1 aliphatic heterocycles. The Labute approximate surface area is 192 Å². The first-order valence-corrected chi connectivity index (χ1v) is 10.4. The maximum Gasteiger partial charge on any atom is 0.257 e. The summed E-state index contributed by atoms with van der Waals surface area (Å²) in [6, 6.07) is 17.1. The van der Waals surface area contributed by atoms with Crippen LogP contribution in [0.15, 0.2) is 71.4 Å². The molecule has 0 spiro atoms. The summed E-state index contributed by atoms with van der Waals surface area (Å²) in [4.78, 5) is 23.7. The van der Waals surface area contributed by atoms with Gasteiger partial charge in [-0.15, -0.1) is 12.4 Å². The summed E-state index contributed by atoms with van der Waals surface area (Å²) in [5.41, 5.74) is 4.62. The number of nitrogens with one attached hydrogen (secondary N) is 2. The van der Waals surface area contributed by atoms with Gasteiger partial charge in [-0.2, -0.15) is 0 Å². The van der Waals surface area contributed by atoms with Gasteiger partial charge >= 0.3 is 0 Å². The van der Waals surface area contributed by atoms with Crippen LogP contribution < -0.4 is 10.6 Å². The van der Waals surface area contributed by atoms with E-state index in [0.29, 0.717) is 17.1 Å². The molecule has 0 atom stereocenters. The molecule has 1 amide bonds. The predicted octanol–water partition coefficient (Wildman–Crippen LogP) is 3.97. The number of piperazine rings is 1. The molecule has 1 aliphatic rings. The Balaban J connectivity index is 0.00000245. The second-order valence-electron chi connectivity index (χ2n) is 7.59. The molecule has 0 unspecified atom stereocenters. The van der Waals surface area contributed by atoms with Crippen LogP contribution in [0.25, 0.3) is 22.6 Å².